The summed E-state index contributed by atoms with van der Waals surface area (Å²) in [6.45, 7) is 0. The number of thiazole rings is 1. The molecule has 0 amide bonds. The van der Waals surface area contributed by atoms with Crippen LogP contribution in [0.3, 0.4) is 0 Å². The van der Waals surface area contributed by atoms with E-state index in [1.54, 1.807) is 11.3 Å². The predicted molar refractivity (Wildman–Crippen MR) is 244 cm³/mol. The highest BCUT2D eigenvalue weighted by molar-refractivity contribution is 7.21. The summed E-state index contributed by atoms with van der Waals surface area (Å²) in [5.41, 5.74) is 13.1. The van der Waals surface area contributed by atoms with Crippen molar-refractivity contribution < 1.29 is 4.42 Å². The van der Waals surface area contributed by atoms with Gasteiger partial charge in [0, 0.05) is 38.2 Å². The Morgan fingerprint density at radius 3 is 1.98 bits per heavy atom. The highest BCUT2D eigenvalue weighted by Gasteiger charge is 2.23. The Morgan fingerprint density at radius 1 is 0.431 bits per heavy atom. The first-order valence-electron chi connectivity index (χ1n) is 19.6. The Morgan fingerprint density at radius 2 is 1.10 bits per heavy atom. The molecule has 4 aromatic heterocycles. The van der Waals surface area contributed by atoms with Crippen LogP contribution < -0.4 is 0 Å². The Kier molecular flexibility index (Phi) is 6.57. The molecule has 4 heterocycles. The molecule has 0 atom stereocenters. The normalized spacial score (nSPS) is 12.1. The molecule has 270 valence electrons. The lowest BCUT2D eigenvalue weighted by Gasteiger charge is -2.10. The summed E-state index contributed by atoms with van der Waals surface area (Å²) < 4.78 is 12.6. The van der Waals surface area contributed by atoms with E-state index in [0.717, 1.165) is 65.1 Å². The van der Waals surface area contributed by atoms with Crippen LogP contribution in [0.5, 0.6) is 0 Å². The highest BCUT2D eigenvalue weighted by atomic mass is 32.1. The van der Waals surface area contributed by atoms with E-state index >= 15 is 0 Å². The van der Waals surface area contributed by atoms with Crippen molar-refractivity contribution in [3.05, 3.63) is 188 Å². The van der Waals surface area contributed by atoms with E-state index in [0.29, 0.717) is 0 Å². The second-order valence-corrected chi connectivity index (χ2v) is 16.1. The van der Waals surface area contributed by atoms with Gasteiger partial charge in [-0.3, -0.25) is 4.57 Å². The van der Waals surface area contributed by atoms with Crippen molar-refractivity contribution in [2.75, 3.05) is 0 Å². The number of nitrogens with zero attached hydrogens (tertiary/aromatic N) is 3. The Labute approximate surface area is 336 Å². The van der Waals surface area contributed by atoms with Crippen molar-refractivity contribution in [2.24, 2.45) is 0 Å². The van der Waals surface area contributed by atoms with Crippen molar-refractivity contribution >= 4 is 97.9 Å². The lowest BCUT2D eigenvalue weighted by atomic mass is 9.98. The van der Waals surface area contributed by atoms with Crippen LogP contribution in [0.4, 0.5) is 0 Å². The monoisotopic (exact) mass is 757 g/mol. The van der Waals surface area contributed by atoms with Gasteiger partial charge in [-0.05, 0) is 82.1 Å². The highest BCUT2D eigenvalue weighted by Crippen LogP contribution is 2.46. The summed E-state index contributed by atoms with van der Waals surface area (Å²) in [6.07, 6.45) is 0. The second-order valence-electron chi connectivity index (χ2n) is 15.1. The molecule has 0 spiro atoms. The Hall–Kier alpha value is -7.47. The molecular formula is C53H31N3OS. The third-order valence-electron chi connectivity index (χ3n) is 11.9. The Bertz CT molecular complexity index is 3810. The summed E-state index contributed by atoms with van der Waals surface area (Å²) in [7, 11) is 0. The minimum atomic E-state index is 0.867. The first kappa shape index (κ1) is 31.7. The average molecular weight is 758 g/mol. The maximum atomic E-state index is 6.71. The van der Waals surface area contributed by atoms with Crippen LogP contribution in [0.2, 0.25) is 0 Å². The number of para-hydroxylation sites is 4. The summed E-state index contributed by atoms with van der Waals surface area (Å²) >= 11 is 1.74. The van der Waals surface area contributed by atoms with Gasteiger partial charge in [0.2, 0.25) is 0 Å². The molecule has 0 aliphatic rings. The fraction of sp³-hybridized carbons (Fsp3) is 0. The molecule has 13 aromatic rings. The zero-order valence-electron chi connectivity index (χ0n) is 31.1. The van der Waals surface area contributed by atoms with Crippen LogP contribution in [-0.2, 0) is 0 Å². The standard InChI is InChI=1S/C53H31N3OS/c1-2-15-36(16-3-1)55-43-21-9-6-17-38(43)39-28-27-35(30-46(39)55)37-20-12-23-45-49(37)40-18-7-10-22-44(40)56(45)53-54-51-48(58-53)31-42(34-26-25-32-13-4-5-14-33(32)29-34)52-50(51)41-19-8-11-24-47(41)57-52/h1-31H. The smallest absolute Gasteiger partial charge is 0.195 e. The number of rotatable bonds is 4. The molecular weight excluding hydrogens is 727 g/mol. The van der Waals surface area contributed by atoms with Crippen LogP contribution in [0.1, 0.15) is 0 Å². The van der Waals surface area contributed by atoms with Crippen molar-refractivity contribution in [2.45, 2.75) is 0 Å². The molecule has 0 N–H and O–H groups in total. The fourth-order valence-corrected chi connectivity index (χ4v) is 10.4. The van der Waals surface area contributed by atoms with Gasteiger partial charge in [0.15, 0.2) is 5.13 Å². The van der Waals surface area contributed by atoms with Gasteiger partial charge in [-0.2, -0.15) is 0 Å². The van der Waals surface area contributed by atoms with E-state index in [4.69, 9.17) is 9.40 Å². The summed E-state index contributed by atoms with van der Waals surface area (Å²) in [5, 5.41) is 10.4. The van der Waals surface area contributed by atoms with E-state index < -0.39 is 0 Å². The lowest BCUT2D eigenvalue weighted by Crippen LogP contribution is -1.93. The minimum Gasteiger partial charge on any atom is -0.455 e. The van der Waals surface area contributed by atoms with Crippen LogP contribution >= 0.6 is 11.3 Å². The van der Waals surface area contributed by atoms with Crippen molar-refractivity contribution in [1.29, 1.82) is 0 Å². The first-order valence-corrected chi connectivity index (χ1v) is 20.4. The maximum absolute atomic E-state index is 6.71. The molecule has 13 rings (SSSR count). The molecule has 0 aliphatic carbocycles. The van der Waals surface area contributed by atoms with Gasteiger partial charge in [0.25, 0.3) is 0 Å². The van der Waals surface area contributed by atoms with Gasteiger partial charge >= 0.3 is 0 Å². The van der Waals surface area contributed by atoms with Crippen LogP contribution in [0.15, 0.2) is 192 Å². The number of hydrogen-bond donors (Lipinski definition) is 0. The molecule has 0 unspecified atom stereocenters. The second kappa shape index (κ2) is 12.0. The molecule has 5 heteroatoms. The molecule has 0 radical (unpaired) electrons. The van der Waals surface area contributed by atoms with E-state index in [1.807, 2.05) is 6.07 Å². The molecule has 0 saturated heterocycles. The molecule has 0 aliphatic heterocycles. The summed E-state index contributed by atoms with van der Waals surface area (Å²) in [6, 6.07) is 67.7. The minimum absolute atomic E-state index is 0.867. The summed E-state index contributed by atoms with van der Waals surface area (Å²) in [5.74, 6) is 0. The Balaban J connectivity index is 1.06. The lowest BCUT2D eigenvalue weighted by molar-refractivity contribution is 0.670. The molecule has 0 saturated carbocycles. The largest absolute Gasteiger partial charge is 0.455 e. The molecule has 58 heavy (non-hydrogen) atoms. The van der Waals surface area contributed by atoms with Gasteiger partial charge in [0.1, 0.15) is 11.2 Å². The van der Waals surface area contributed by atoms with Crippen LogP contribution in [0, 0.1) is 0 Å². The zero-order valence-corrected chi connectivity index (χ0v) is 31.9. The van der Waals surface area contributed by atoms with Gasteiger partial charge in [-0.25, -0.2) is 4.98 Å². The number of aromatic nitrogens is 3. The first-order chi connectivity index (χ1) is 28.8. The molecule has 9 aromatic carbocycles. The average Bonchev–Trinajstić information content (AvgIpc) is 4.05. The van der Waals surface area contributed by atoms with Gasteiger partial charge in [0.05, 0.1) is 37.7 Å². The SMILES string of the molecule is c1ccc(-n2c3ccccc3c3ccc(-c4cccc5c4c4ccccc4n5-c4nc5c(cc(-c6ccc7ccccc7c6)c6oc7ccccc7c65)s4)cc32)cc1. The zero-order chi connectivity index (χ0) is 37.9. The maximum Gasteiger partial charge on any atom is 0.195 e. The van der Waals surface area contributed by atoms with E-state index in [9.17, 15) is 0 Å². The van der Waals surface area contributed by atoms with Crippen LogP contribution in [0.25, 0.3) is 120 Å². The van der Waals surface area contributed by atoms with E-state index in [1.165, 1.54) is 54.5 Å². The van der Waals surface area contributed by atoms with Crippen molar-refractivity contribution in [3.63, 3.8) is 0 Å². The van der Waals surface area contributed by atoms with E-state index in [2.05, 4.69) is 191 Å². The predicted octanol–water partition coefficient (Wildman–Crippen LogP) is 14.9. The van der Waals surface area contributed by atoms with Gasteiger partial charge in [-0.15, -0.1) is 0 Å². The van der Waals surface area contributed by atoms with Crippen molar-refractivity contribution in [1.82, 2.24) is 14.1 Å². The third kappa shape index (κ3) is 4.47. The molecule has 0 bridgehead atoms. The number of furan rings is 1. The molecule has 4 nitrogen and oxygen atoms in total. The summed E-state index contributed by atoms with van der Waals surface area (Å²) in [4.78, 5) is 5.52. The number of hydrogen-bond acceptors (Lipinski definition) is 3. The number of benzene rings is 9. The third-order valence-corrected chi connectivity index (χ3v) is 12.9. The van der Waals surface area contributed by atoms with E-state index in [-0.39, 0.29) is 0 Å². The van der Waals surface area contributed by atoms with Gasteiger partial charge in [-0.1, -0.05) is 145 Å². The van der Waals surface area contributed by atoms with Crippen LogP contribution in [-0.4, -0.2) is 14.1 Å². The van der Waals surface area contributed by atoms with Gasteiger partial charge < -0.3 is 8.98 Å². The van der Waals surface area contributed by atoms with Crippen molar-refractivity contribution in [3.8, 4) is 33.1 Å². The fourth-order valence-electron chi connectivity index (χ4n) is 9.39. The quantitative estimate of drug-likeness (QED) is 0.179. The molecule has 0 fully saturated rings. The number of fused-ring (bicyclic) bond motifs is 12. The topological polar surface area (TPSA) is 35.9 Å².